The molecule has 0 atom stereocenters. The van der Waals surface area contributed by atoms with Crippen LogP contribution in [-0.4, -0.2) is 33.3 Å². The zero-order chi connectivity index (χ0) is 25.2. The number of hydrogen-bond acceptors (Lipinski definition) is 7. The number of benzene rings is 2. The molecule has 0 radical (unpaired) electrons. The number of carbonyl (C=O) groups is 1. The van der Waals surface area contributed by atoms with Crippen LogP contribution in [0.3, 0.4) is 0 Å². The summed E-state index contributed by atoms with van der Waals surface area (Å²) < 4.78 is 12.4. The number of imidazole rings is 1. The summed E-state index contributed by atoms with van der Waals surface area (Å²) in [6.07, 6.45) is 1.51. The van der Waals surface area contributed by atoms with Gasteiger partial charge in [0.2, 0.25) is 0 Å². The van der Waals surface area contributed by atoms with Gasteiger partial charge in [0.15, 0.2) is 11.3 Å². The smallest absolute Gasteiger partial charge is 0.338 e. The number of aryl methyl sites for hydroxylation is 1. The molecule has 178 valence electrons. The average Bonchev–Trinajstić information content (AvgIpc) is 3.24. The Hall–Kier alpha value is -4.38. The van der Waals surface area contributed by atoms with E-state index in [0.29, 0.717) is 23.4 Å². The van der Waals surface area contributed by atoms with Gasteiger partial charge in [-0.2, -0.15) is 10.4 Å². The van der Waals surface area contributed by atoms with Gasteiger partial charge in [0.1, 0.15) is 17.4 Å². The standard InChI is InChI=1S/C27H27N5O3/c1-18-13-24(25-29-16-22(15-28)32(25)30-18)31(17-19-9-11-23(34-5)12-10-19)21-8-6-7-20(14-21)26(33)35-27(2,3)4/h6-14,16H,17H2,1-5H3. The predicted octanol–water partition coefficient (Wildman–Crippen LogP) is 5.21. The number of methoxy groups -OCH3 is 1. The predicted molar refractivity (Wildman–Crippen MR) is 133 cm³/mol. The van der Waals surface area contributed by atoms with Gasteiger partial charge in [0.25, 0.3) is 0 Å². The fourth-order valence-corrected chi connectivity index (χ4v) is 3.71. The number of rotatable bonds is 6. The second kappa shape index (κ2) is 9.47. The maximum absolute atomic E-state index is 12.8. The molecule has 8 nitrogen and oxygen atoms in total. The van der Waals surface area contributed by atoms with Gasteiger partial charge in [0.05, 0.1) is 30.3 Å². The summed E-state index contributed by atoms with van der Waals surface area (Å²) >= 11 is 0. The molecule has 0 aliphatic carbocycles. The van der Waals surface area contributed by atoms with Crippen molar-refractivity contribution in [3.63, 3.8) is 0 Å². The van der Waals surface area contributed by atoms with E-state index in [1.54, 1.807) is 23.8 Å². The Morgan fingerprint density at radius 3 is 2.54 bits per heavy atom. The first-order valence-electron chi connectivity index (χ1n) is 11.2. The molecule has 2 heterocycles. The fourth-order valence-electron chi connectivity index (χ4n) is 3.71. The number of hydrogen-bond donors (Lipinski definition) is 0. The molecule has 4 aromatic rings. The van der Waals surface area contributed by atoms with Crippen LogP contribution in [0.5, 0.6) is 5.75 Å². The van der Waals surface area contributed by atoms with E-state index in [0.717, 1.165) is 28.4 Å². The van der Waals surface area contributed by atoms with E-state index in [2.05, 4.69) is 16.2 Å². The third-order valence-electron chi connectivity index (χ3n) is 5.27. The normalized spacial score (nSPS) is 11.2. The zero-order valence-electron chi connectivity index (χ0n) is 20.4. The van der Waals surface area contributed by atoms with Crippen molar-refractivity contribution < 1.29 is 14.3 Å². The maximum atomic E-state index is 12.8. The Balaban J connectivity index is 1.84. The highest BCUT2D eigenvalue weighted by atomic mass is 16.6. The minimum atomic E-state index is -0.603. The monoisotopic (exact) mass is 469 g/mol. The van der Waals surface area contributed by atoms with Crippen LogP contribution >= 0.6 is 0 Å². The molecule has 0 saturated carbocycles. The molecule has 0 saturated heterocycles. The third kappa shape index (κ3) is 5.25. The molecule has 4 rings (SSSR count). The van der Waals surface area contributed by atoms with Crippen LogP contribution in [0.4, 0.5) is 11.4 Å². The van der Waals surface area contributed by atoms with Gasteiger partial charge in [-0.05, 0) is 69.7 Å². The number of anilines is 2. The van der Waals surface area contributed by atoms with Crippen molar-refractivity contribution in [1.82, 2.24) is 14.6 Å². The minimum Gasteiger partial charge on any atom is -0.497 e. The molecule has 0 amide bonds. The molecule has 0 aliphatic rings. The summed E-state index contributed by atoms with van der Waals surface area (Å²) in [6, 6.07) is 19.1. The molecule has 0 unspecified atom stereocenters. The second-order valence-corrected chi connectivity index (χ2v) is 9.15. The van der Waals surface area contributed by atoms with Crippen LogP contribution < -0.4 is 9.64 Å². The highest BCUT2D eigenvalue weighted by molar-refractivity contribution is 5.91. The van der Waals surface area contributed by atoms with Crippen LogP contribution in [0.1, 0.15) is 48.1 Å². The van der Waals surface area contributed by atoms with E-state index < -0.39 is 11.6 Å². The van der Waals surface area contributed by atoms with Crippen molar-refractivity contribution in [3.8, 4) is 11.8 Å². The van der Waals surface area contributed by atoms with Gasteiger partial charge in [-0.1, -0.05) is 18.2 Å². The Bertz CT molecular complexity index is 1410. The largest absolute Gasteiger partial charge is 0.497 e. The van der Waals surface area contributed by atoms with Crippen molar-refractivity contribution >= 4 is 23.0 Å². The van der Waals surface area contributed by atoms with E-state index in [4.69, 9.17) is 9.47 Å². The number of esters is 1. The van der Waals surface area contributed by atoms with E-state index >= 15 is 0 Å². The lowest BCUT2D eigenvalue weighted by molar-refractivity contribution is 0.00695. The zero-order valence-corrected chi connectivity index (χ0v) is 20.4. The minimum absolute atomic E-state index is 0.344. The molecule has 8 heteroatoms. The molecular weight excluding hydrogens is 442 g/mol. The topological polar surface area (TPSA) is 92.7 Å². The van der Waals surface area contributed by atoms with E-state index in [9.17, 15) is 10.1 Å². The van der Waals surface area contributed by atoms with Gasteiger partial charge in [-0.3, -0.25) is 0 Å². The van der Waals surface area contributed by atoms with Crippen LogP contribution in [-0.2, 0) is 11.3 Å². The number of ether oxygens (including phenoxy) is 2. The van der Waals surface area contributed by atoms with Gasteiger partial charge in [-0.15, -0.1) is 0 Å². The van der Waals surface area contributed by atoms with Crippen LogP contribution in [0.25, 0.3) is 5.65 Å². The molecular formula is C27H27N5O3. The summed E-state index contributed by atoms with van der Waals surface area (Å²) in [5.41, 5.74) is 4.01. The second-order valence-electron chi connectivity index (χ2n) is 9.15. The van der Waals surface area contributed by atoms with Crippen LogP contribution in [0, 0.1) is 18.3 Å². The molecule has 2 aromatic carbocycles. The number of fused-ring (bicyclic) bond motifs is 1. The number of nitrogens with zero attached hydrogens (tertiary/aromatic N) is 5. The van der Waals surface area contributed by atoms with Gasteiger partial charge < -0.3 is 14.4 Å². The van der Waals surface area contributed by atoms with Gasteiger partial charge in [0, 0.05) is 12.2 Å². The summed E-state index contributed by atoms with van der Waals surface area (Å²) in [4.78, 5) is 19.3. The Morgan fingerprint density at radius 2 is 1.89 bits per heavy atom. The Morgan fingerprint density at radius 1 is 1.14 bits per heavy atom. The van der Waals surface area contributed by atoms with Crippen molar-refractivity contribution in [2.75, 3.05) is 12.0 Å². The first-order chi connectivity index (χ1) is 16.7. The molecule has 0 N–H and O–H groups in total. The van der Waals surface area contributed by atoms with Crippen molar-refractivity contribution in [2.24, 2.45) is 0 Å². The lowest BCUT2D eigenvalue weighted by atomic mass is 10.1. The lowest BCUT2D eigenvalue weighted by Crippen LogP contribution is -2.24. The van der Waals surface area contributed by atoms with Crippen LogP contribution in [0.15, 0.2) is 60.8 Å². The SMILES string of the molecule is COc1ccc(CN(c2cccc(C(=O)OC(C)(C)C)c2)c2cc(C)nn3c(C#N)cnc23)cc1. The maximum Gasteiger partial charge on any atom is 0.338 e. The highest BCUT2D eigenvalue weighted by Crippen LogP contribution is 2.32. The first-order valence-corrected chi connectivity index (χ1v) is 11.2. The number of carbonyl (C=O) groups excluding carboxylic acids is 1. The van der Waals surface area contributed by atoms with Gasteiger partial charge >= 0.3 is 5.97 Å². The van der Waals surface area contributed by atoms with E-state index in [1.807, 2.05) is 75.1 Å². The summed E-state index contributed by atoms with van der Waals surface area (Å²) in [6.45, 7) is 7.87. The van der Waals surface area contributed by atoms with E-state index in [-0.39, 0.29) is 0 Å². The summed E-state index contributed by atoms with van der Waals surface area (Å²) in [7, 11) is 1.63. The lowest BCUT2D eigenvalue weighted by Gasteiger charge is -2.26. The molecule has 0 spiro atoms. The molecule has 0 fully saturated rings. The molecule has 35 heavy (non-hydrogen) atoms. The average molecular weight is 470 g/mol. The number of aromatic nitrogens is 3. The summed E-state index contributed by atoms with van der Waals surface area (Å²) in [5, 5.41) is 14.0. The first kappa shape index (κ1) is 23.8. The third-order valence-corrected chi connectivity index (χ3v) is 5.27. The van der Waals surface area contributed by atoms with Crippen molar-refractivity contribution in [2.45, 2.75) is 39.8 Å². The number of nitriles is 1. The molecule has 0 bridgehead atoms. The highest BCUT2D eigenvalue weighted by Gasteiger charge is 2.21. The molecule has 0 aliphatic heterocycles. The van der Waals surface area contributed by atoms with Crippen molar-refractivity contribution in [3.05, 3.63) is 83.3 Å². The summed E-state index contributed by atoms with van der Waals surface area (Å²) in [5.74, 6) is 0.369. The van der Waals surface area contributed by atoms with Gasteiger partial charge in [-0.25, -0.2) is 14.3 Å². The Labute approximate surface area is 204 Å². The van der Waals surface area contributed by atoms with E-state index in [1.165, 1.54) is 6.20 Å². The van der Waals surface area contributed by atoms with Crippen LogP contribution in [0.2, 0.25) is 0 Å². The molecule has 2 aromatic heterocycles. The quantitative estimate of drug-likeness (QED) is 0.358. The fraction of sp³-hybridized carbons (Fsp3) is 0.259. The Kier molecular flexibility index (Phi) is 6.43. The van der Waals surface area contributed by atoms with Crippen molar-refractivity contribution in [1.29, 1.82) is 5.26 Å².